The molecule has 1 fully saturated rings. The molecule has 1 aromatic carbocycles. The molecule has 1 aliphatic rings. The van der Waals surface area contributed by atoms with E-state index in [2.05, 4.69) is 0 Å². The molecular formula is C16H21NO6S. The molecule has 0 saturated carbocycles. The van der Waals surface area contributed by atoms with Crippen molar-refractivity contribution in [2.45, 2.75) is 19.4 Å². The minimum atomic E-state index is -3.07. The Morgan fingerprint density at radius 3 is 2.46 bits per heavy atom. The van der Waals surface area contributed by atoms with Crippen molar-refractivity contribution in [3.63, 3.8) is 0 Å². The Hall–Kier alpha value is -2.09. The number of esters is 1. The first-order chi connectivity index (χ1) is 11.3. The number of nitrogens with zero attached hydrogens (tertiary/aromatic N) is 1. The van der Waals surface area contributed by atoms with Crippen molar-refractivity contribution < 1.29 is 27.5 Å². The zero-order valence-electron chi connectivity index (χ0n) is 13.7. The van der Waals surface area contributed by atoms with E-state index >= 15 is 0 Å². The summed E-state index contributed by atoms with van der Waals surface area (Å²) >= 11 is 0. The van der Waals surface area contributed by atoms with Gasteiger partial charge in [-0.15, -0.1) is 0 Å². The van der Waals surface area contributed by atoms with Gasteiger partial charge < -0.3 is 14.4 Å². The number of hydrogen-bond acceptors (Lipinski definition) is 6. The molecule has 0 radical (unpaired) electrons. The highest BCUT2D eigenvalue weighted by Gasteiger charge is 2.32. The summed E-state index contributed by atoms with van der Waals surface area (Å²) in [5.41, 5.74) is 0.317. The molecule has 24 heavy (non-hydrogen) atoms. The minimum absolute atomic E-state index is 0.0396. The van der Waals surface area contributed by atoms with Crippen molar-refractivity contribution in [1.29, 1.82) is 0 Å². The van der Waals surface area contributed by atoms with E-state index in [1.165, 1.54) is 11.9 Å². The molecule has 1 aromatic rings. The van der Waals surface area contributed by atoms with E-state index in [1.54, 1.807) is 24.3 Å². The van der Waals surface area contributed by atoms with Gasteiger partial charge >= 0.3 is 5.97 Å². The lowest BCUT2D eigenvalue weighted by Crippen LogP contribution is -2.40. The van der Waals surface area contributed by atoms with Gasteiger partial charge in [0, 0.05) is 13.1 Å². The van der Waals surface area contributed by atoms with Crippen molar-refractivity contribution in [2.24, 2.45) is 0 Å². The molecule has 1 unspecified atom stereocenters. The predicted molar refractivity (Wildman–Crippen MR) is 87.7 cm³/mol. The van der Waals surface area contributed by atoms with Crippen molar-refractivity contribution in [2.75, 3.05) is 31.8 Å². The molecule has 1 heterocycles. The van der Waals surface area contributed by atoms with Gasteiger partial charge in [0.15, 0.2) is 16.4 Å². The van der Waals surface area contributed by atoms with E-state index in [9.17, 15) is 18.0 Å². The Labute approximate surface area is 141 Å². The molecule has 0 bridgehead atoms. The number of carbonyl (C=O) groups is 2. The first-order valence-corrected chi connectivity index (χ1v) is 9.50. The number of ether oxygens (including phenoxy) is 2. The Morgan fingerprint density at radius 2 is 1.92 bits per heavy atom. The number of hydrogen-bond donors (Lipinski definition) is 0. The second-order valence-electron chi connectivity index (χ2n) is 5.60. The molecule has 1 aliphatic heterocycles. The van der Waals surface area contributed by atoms with Crippen LogP contribution in [0.5, 0.6) is 5.75 Å². The van der Waals surface area contributed by atoms with E-state index in [0.717, 1.165) is 0 Å². The number of benzene rings is 1. The number of carbonyl (C=O) groups excluding carboxylic acids is 2. The minimum Gasteiger partial charge on any atom is -0.494 e. The fourth-order valence-electron chi connectivity index (χ4n) is 2.45. The average molecular weight is 355 g/mol. The summed E-state index contributed by atoms with van der Waals surface area (Å²) < 4.78 is 33.2. The third-order valence-corrected chi connectivity index (χ3v) is 5.63. The van der Waals surface area contributed by atoms with Crippen LogP contribution in [0.15, 0.2) is 24.3 Å². The molecule has 7 nitrogen and oxygen atoms in total. The molecule has 1 amide bonds. The molecule has 1 atom stereocenters. The number of likely N-dealkylation sites (N-methyl/N-ethyl adjacent to an activating group) is 1. The molecule has 1 saturated heterocycles. The fourth-order valence-corrected chi connectivity index (χ4v) is 4.23. The first-order valence-electron chi connectivity index (χ1n) is 7.68. The van der Waals surface area contributed by atoms with Crippen molar-refractivity contribution in [3.05, 3.63) is 29.8 Å². The Balaban J connectivity index is 1.85. The molecule has 0 aromatic heterocycles. The van der Waals surface area contributed by atoms with Gasteiger partial charge in [-0.2, -0.15) is 0 Å². The highest BCUT2D eigenvalue weighted by atomic mass is 32.2. The lowest BCUT2D eigenvalue weighted by Gasteiger charge is -2.23. The normalized spacial score (nSPS) is 18.8. The fraction of sp³-hybridized carbons (Fsp3) is 0.500. The average Bonchev–Trinajstić information content (AvgIpc) is 2.92. The van der Waals surface area contributed by atoms with Crippen LogP contribution in [0.4, 0.5) is 0 Å². The van der Waals surface area contributed by atoms with Gasteiger partial charge in [-0.3, -0.25) is 4.79 Å². The zero-order chi connectivity index (χ0) is 17.7. The maximum Gasteiger partial charge on any atom is 0.338 e. The topological polar surface area (TPSA) is 90.0 Å². The number of amides is 1. The van der Waals surface area contributed by atoms with Gasteiger partial charge in [0.1, 0.15) is 5.75 Å². The molecule has 0 N–H and O–H groups in total. The van der Waals surface area contributed by atoms with E-state index in [0.29, 0.717) is 24.3 Å². The van der Waals surface area contributed by atoms with Gasteiger partial charge in [0.25, 0.3) is 5.91 Å². The van der Waals surface area contributed by atoms with Crippen LogP contribution < -0.4 is 4.74 Å². The summed E-state index contributed by atoms with van der Waals surface area (Å²) in [6.45, 7) is 1.97. The highest BCUT2D eigenvalue weighted by molar-refractivity contribution is 7.91. The van der Waals surface area contributed by atoms with Crippen molar-refractivity contribution in [1.82, 2.24) is 4.90 Å². The predicted octanol–water partition coefficient (Wildman–Crippen LogP) is 0.888. The maximum absolute atomic E-state index is 12.1. The first kappa shape index (κ1) is 18.3. The van der Waals surface area contributed by atoms with E-state index in [1.807, 2.05) is 6.92 Å². The number of rotatable bonds is 6. The highest BCUT2D eigenvalue weighted by Crippen LogP contribution is 2.17. The van der Waals surface area contributed by atoms with E-state index in [4.69, 9.17) is 9.47 Å². The molecule has 0 aliphatic carbocycles. The summed E-state index contributed by atoms with van der Waals surface area (Å²) in [5.74, 6) is -0.342. The monoisotopic (exact) mass is 355 g/mol. The van der Waals surface area contributed by atoms with Crippen LogP contribution in [0.1, 0.15) is 23.7 Å². The third kappa shape index (κ3) is 4.70. The molecular weight excluding hydrogens is 334 g/mol. The van der Waals surface area contributed by atoms with E-state index < -0.39 is 28.3 Å². The van der Waals surface area contributed by atoms with Gasteiger partial charge in [0.2, 0.25) is 0 Å². The lowest BCUT2D eigenvalue weighted by molar-refractivity contribution is -0.134. The lowest BCUT2D eigenvalue weighted by atomic mass is 10.2. The van der Waals surface area contributed by atoms with Gasteiger partial charge in [-0.05, 0) is 37.6 Å². The zero-order valence-corrected chi connectivity index (χ0v) is 14.5. The smallest absolute Gasteiger partial charge is 0.338 e. The summed E-state index contributed by atoms with van der Waals surface area (Å²) in [4.78, 5) is 25.3. The SMILES string of the molecule is CCOc1ccc(C(=O)OCC(=O)N(C)C2CCS(=O)(=O)C2)cc1. The molecule has 132 valence electrons. The standard InChI is InChI=1S/C16H21NO6S/c1-3-22-14-6-4-12(5-7-14)16(19)23-10-15(18)17(2)13-8-9-24(20,21)11-13/h4-7,13H,3,8-11H2,1-2H3. The van der Waals surface area contributed by atoms with Crippen LogP contribution in [-0.4, -0.2) is 63.0 Å². The van der Waals surface area contributed by atoms with Gasteiger partial charge in [0.05, 0.1) is 23.7 Å². The maximum atomic E-state index is 12.1. The summed E-state index contributed by atoms with van der Waals surface area (Å²) in [6, 6.07) is 6.07. The summed E-state index contributed by atoms with van der Waals surface area (Å²) in [7, 11) is -1.54. The molecule has 8 heteroatoms. The Bertz CT molecular complexity index is 698. The summed E-state index contributed by atoms with van der Waals surface area (Å²) in [5, 5.41) is 0. The van der Waals surface area contributed by atoms with Crippen LogP contribution in [0.3, 0.4) is 0 Å². The Kier molecular flexibility index (Phi) is 5.82. The molecule has 2 rings (SSSR count). The van der Waals surface area contributed by atoms with E-state index in [-0.39, 0.29) is 17.5 Å². The largest absolute Gasteiger partial charge is 0.494 e. The van der Waals surface area contributed by atoms with Gasteiger partial charge in [-0.25, -0.2) is 13.2 Å². The third-order valence-electron chi connectivity index (χ3n) is 3.88. The quantitative estimate of drug-likeness (QED) is 0.704. The van der Waals surface area contributed by atoms with Crippen LogP contribution >= 0.6 is 0 Å². The second-order valence-corrected chi connectivity index (χ2v) is 7.82. The second kappa shape index (κ2) is 7.65. The summed E-state index contributed by atoms with van der Waals surface area (Å²) in [6.07, 6.45) is 0.414. The van der Waals surface area contributed by atoms with Gasteiger partial charge in [-0.1, -0.05) is 0 Å². The van der Waals surface area contributed by atoms with Crippen molar-refractivity contribution >= 4 is 21.7 Å². The number of sulfone groups is 1. The van der Waals surface area contributed by atoms with Crippen LogP contribution in [0.2, 0.25) is 0 Å². The van der Waals surface area contributed by atoms with Crippen LogP contribution in [-0.2, 0) is 19.4 Å². The van der Waals surface area contributed by atoms with Crippen LogP contribution in [0.25, 0.3) is 0 Å². The van der Waals surface area contributed by atoms with Crippen LogP contribution in [0, 0.1) is 0 Å². The van der Waals surface area contributed by atoms with Crippen molar-refractivity contribution in [3.8, 4) is 5.75 Å². The Morgan fingerprint density at radius 1 is 1.25 bits per heavy atom. The molecule has 0 spiro atoms.